The van der Waals surface area contributed by atoms with Crippen molar-refractivity contribution < 1.29 is 23.5 Å². The van der Waals surface area contributed by atoms with Gasteiger partial charge in [-0.15, -0.1) is 0 Å². The molecule has 3 amide bonds. The summed E-state index contributed by atoms with van der Waals surface area (Å²) in [4.78, 5) is 39.9. The number of carbonyl (C=O) groups excluding carboxylic acids is 3. The monoisotopic (exact) mass is 561 g/mol. The van der Waals surface area contributed by atoms with Gasteiger partial charge in [-0.2, -0.15) is 0 Å². The number of hydrogen-bond acceptors (Lipinski definition) is 4. The molecule has 1 atom stereocenters. The third-order valence-electron chi connectivity index (χ3n) is 7.75. The zero-order valence-corrected chi connectivity index (χ0v) is 22.8. The van der Waals surface area contributed by atoms with Crippen molar-refractivity contribution in [2.45, 2.75) is 32.1 Å². The Labute approximate surface area is 236 Å². The van der Waals surface area contributed by atoms with E-state index in [0.717, 1.165) is 55.0 Å². The van der Waals surface area contributed by atoms with Crippen LogP contribution in [0.3, 0.4) is 0 Å². The van der Waals surface area contributed by atoms with Gasteiger partial charge >= 0.3 is 0 Å². The van der Waals surface area contributed by atoms with Gasteiger partial charge in [-0.25, -0.2) is 4.39 Å². The molecular formula is C31H29ClFN3O4. The van der Waals surface area contributed by atoms with E-state index < -0.39 is 17.6 Å². The Hall–Kier alpha value is -4.17. The SMILES string of the molecule is COc1cc(C(=O)N2CC[C@@]3(CC/C(=C\C(N)=O)C3)Cc3ccccc32)ccc1NC(=O)c1cc(F)ccc1Cl. The number of hydrogen-bond donors (Lipinski definition) is 2. The summed E-state index contributed by atoms with van der Waals surface area (Å²) in [5.41, 5.74) is 9.05. The molecule has 0 unspecified atom stereocenters. The van der Waals surface area contributed by atoms with Gasteiger partial charge < -0.3 is 20.7 Å². The van der Waals surface area contributed by atoms with Crippen molar-refractivity contribution in [1.29, 1.82) is 0 Å². The molecule has 206 valence electrons. The maximum absolute atomic E-state index is 13.9. The number of allylic oxidation sites excluding steroid dienone is 1. The molecule has 0 bridgehead atoms. The largest absolute Gasteiger partial charge is 0.495 e. The summed E-state index contributed by atoms with van der Waals surface area (Å²) in [5, 5.41) is 2.80. The van der Waals surface area contributed by atoms with E-state index in [1.165, 1.54) is 19.2 Å². The number of nitrogens with two attached hydrogens (primary N) is 1. The summed E-state index contributed by atoms with van der Waals surface area (Å²) in [6, 6.07) is 16.2. The van der Waals surface area contributed by atoms with Gasteiger partial charge in [-0.1, -0.05) is 35.4 Å². The topological polar surface area (TPSA) is 102 Å². The summed E-state index contributed by atoms with van der Waals surface area (Å²) < 4.78 is 19.2. The quantitative estimate of drug-likeness (QED) is 0.378. The standard InChI is InChI=1S/C31H29ClFN3O4/c1-40-27-15-20(6-9-25(27)35-29(38)23-16-22(33)7-8-24(23)32)30(39)36-13-12-31(11-10-19(17-31)14-28(34)37)18-21-4-2-3-5-26(21)36/h2-9,14-16H,10-13,17-18H2,1H3,(H2,34,37)(H,35,38)/b19-14+/t31-/m1/s1. The van der Waals surface area contributed by atoms with Crippen LogP contribution >= 0.6 is 11.6 Å². The Morgan fingerprint density at radius 2 is 1.88 bits per heavy atom. The normalized spacial score (nSPS) is 19.3. The van der Waals surface area contributed by atoms with Crippen molar-refractivity contribution in [1.82, 2.24) is 0 Å². The smallest absolute Gasteiger partial charge is 0.258 e. The minimum Gasteiger partial charge on any atom is -0.495 e. The minimum atomic E-state index is -0.602. The maximum atomic E-state index is 13.9. The summed E-state index contributed by atoms with van der Waals surface area (Å²) in [5.74, 6) is -1.52. The minimum absolute atomic E-state index is 0.0141. The number of para-hydroxylation sites is 1. The van der Waals surface area contributed by atoms with Gasteiger partial charge in [0.1, 0.15) is 11.6 Å². The van der Waals surface area contributed by atoms with Crippen molar-refractivity contribution in [2.24, 2.45) is 11.1 Å². The molecule has 40 heavy (non-hydrogen) atoms. The fraction of sp³-hybridized carbons (Fsp3) is 0.258. The van der Waals surface area contributed by atoms with E-state index in [4.69, 9.17) is 22.1 Å². The van der Waals surface area contributed by atoms with E-state index in [-0.39, 0.29) is 27.7 Å². The van der Waals surface area contributed by atoms with Gasteiger partial charge in [0.15, 0.2) is 0 Å². The molecule has 3 aromatic carbocycles. The lowest BCUT2D eigenvalue weighted by molar-refractivity contribution is -0.113. The Morgan fingerprint density at radius 3 is 2.65 bits per heavy atom. The molecular weight excluding hydrogens is 533 g/mol. The predicted molar refractivity (Wildman–Crippen MR) is 152 cm³/mol. The van der Waals surface area contributed by atoms with Crippen LogP contribution in [0, 0.1) is 11.2 Å². The number of benzene rings is 3. The molecule has 0 aromatic heterocycles. The molecule has 3 aromatic rings. The third kappa shape index (κ3) is 5.58. The first-order valence-corrected chi connectivity index (χ1v) is 13.4. The second kappa shape index (κ2) is 11.1. The van der Waals surface area contributed by atoms with Crippen molar-refractivity contribution in [3.8, 4) is 5.75 Å². The first kappa shape index (κ1) is 27.4. The van der Waals surface area contributed by atoms with Crippen LogP contribution in [0.25, 0.3) is 0 Å². The first-order valence-electron chi connectivity index (χ1n) is 13.0. The summed E-state index contributed by atoms with van der Waals surface area (Å²) >= 11 is 6.08. The lowest BCUT2D eigenvalue weighted by Crippen LogP contribution is -2.33. The molecule has 1 aliphatic heterocycles. The van der Waals surface area contributed by atoms with Crippen LogP contribution < -0.4 is 20.7 Å². The molecule has 3 N–H and O–H groups in total. The molecule has 0 saturated heterocycles. The first-order chi connectivity index (χ1) is 19.2. The summed E-state index contributed by atoms with van der Waals surface area (Å²) in [7, 11) is 1.44. The van der Waals surface area contributed by atoms with E-state index in [0.29, 0.717) is 17.8 Å². The number of fused-ring (bicyclic) bond motifs is 1. The highest BCUT2D eigenvalue weighted by Crippen LogP contribution is 2.49. The highest BCUT2D eigenvalue weighted by atomic mass is 35.5. The maximum Gasteiger partial charge on any atom is 0.258 e. The van der Waals surface area contributed by atoms with Crippen LogP contribution in [0.15, 0.2) is 72.3 Å². The van der Waals surface area contributed by atoms with Crippen molar-refractivity contribution in [2.75, 3.05) is 23.9 Å². The van der Waals surface area contributed by atoms with Crippen molar-refractivity contribution in [3.63, 3.8) is 0 Å². The Balaban J connectivity index is 1.40. The van der Waals surface area contributed by atoms with Crippen molar-refractivity contribution in [3.05, 3.63) is 99.8 Å². The zero-order valence-electron chi connectivity index (χ0n) is 22.0. The Morgan fingerprint density at radius 1 is 1.07 bits per heavy atom. The third-order valence-corrected chi connectivity index (χ3v) is 8.08. The average molecular weight is 562 g/mol. The fourth-order valence-electron chi connectivity index (χ4n) is 5.81. The lowest BCUT2D eigenvalue weighted by atomic mass is 9.77. The number of nitrogens with one attached hydrogen (secondary N) is 1. The van der Waals surface area contributed by atoms with Gasteiger partial charge in [0.25, 0.3) is 11.8 Å². The molecule has 1 saturated carbocycles. The summed E-state index contributed by atoms with van der Waals surface area (Å²) in [6.07, 6.45) is 5.67. The van der Waals surface area contributed by atoms with Crippen LogP contribution in [0.2, 0.25) is 5.02 Å². The van der Waals surface area contributed by atoms with Gasteiger partial charge in [0.2, 0.25) is 5.91 Å². The predicted octanol–water partition coefficient (Wildman–Crippen LogP) is 5.92. The van der Waals surface area contributed by atoms with E-state index in [1.54, 1.807) is 29.2 Å². The zero-order chi connectivity index (χ0) is 28.4. The van der Waals surface area contributed by atoms with Crippen LogP contribution in [0.5, 0.6) is 5.75 Å². The van der Waals surface area contributed by atoms with Crippen LogP contribution in [0.1, 0.15) is 52.0 Å². The highest BCUT2D eigenvalue weighted by Gasteiger charge is 2.40. The molecule has 2 aliphatic rings. The molecule has 5 rings (SSSR count). The number of anilines is 2. The highest BCUT2D eigenvalue weighted by molar-refractivity contribution is 6.34. The molecule has 1 fully saturated rings. The number of amides is 3. The number of carbonyl (C=O) groups is 3. The Bertz CT molecular complexity index is 1540. The number of ether oxygens (including phenoxy) is 1. The average Bonchev–Trinajstić information content (AvgIpc) is 3.23. The van der Waals surface area contributed by atoms with E-state index in [2.05, 4.69) is 11.4 Å². The van der Waals surface area contributed by atoms with Crippen LogP contribution in [-0.2, 0) is 11.2 Å². The second-order valence-electron chi connectivity index (χ2n) is 10.4. The van der Waals surface area contributed by atoms with Crippen LogP contribution in [-0.4, -0.2) is 31.4 Å². The fourth-order valence-corrected chi connectivity index (χ4v) is 6.02. The van der Waals surface area contributed by atoms with Gasteiger partial charge in [0.05, 0.1) is 23.4 Å². The molecule has 9 heteroatoms. The number of primary amides is 1. The van der Waals surface area contributed by atoms with E-state index in [1.807, 2.05) is 18.2 Å². The van der Waals surface area contributed by atoms with Crippen molar-refractivity contribution >= 4 is 40.7 Å². The molecule has 1 spiro atoms. The van der Waals surface area contributed by atoms with Crippen LogP contribution in [0.4, 0.5) is 15.8 Å². The molecule has 7 nitrogen and oxygen atoms in total. The number of rotatable bonds is 5. The molecule has 1 aliphatic carbocycles. The van der Waals surface area contributed by atoms with Gasteiger partial charge in [-0.05, 0) is 85.5 Å². The molecule has 0 radical (unpaired) electrons. The summed E-state index contributed by atoms with van der Waals surface area (Å²) in [6.45, 7) is 0.512. The Kier molecular flexibility index (Phi) is 7.63. The van der Waals surface area contributed by atoms with E-state index >= 15 is 0 Å². The number of methoxy groups -OCH3 is 1. The van der Waals surface area contributed by atoms with E-state index in [9.17, 15) is 18.8 Å². The van der Waals surface area contributed by atoms with Gasteiger partial charge in [-0.3, -0.25) is 14.4 Å². The molecule has 1 heterocycles. The second-order valence-corrected chi connectivity index (χ2v) is 10.8. The lowest BCUT2D eigenvalue weighted by Gasteiger charge is -2.27. The number of halogens is 2. The number of nitrogens with zero attached hydrogens (tertiary/aromatic N) is 1. The van der Waals surface area contributed by atoms with Gasteiger partial charge in [0, 0.05) is 23.9 Å².